The number of benzene rings is 2. The van der Waals surface area contributed by atoms with Gasteiger partial charge in [-0.15, -0.1) is 0 Å². The van der Waals surface area contributed by atoms with Crippen LogP contribution in [0.25, 0.3) is 27.6 Å². The van der Waals surface area contributed by atoms with Gasteiger partial charge in [-0.1, -0.05) is 18.2 Å². The van der Waals surface area contributed by atoms with E-state index in [0.29, 0.717) is 0 Å². The number of hydrogen-bond acceptors (Lipinski definition) is 3. The fourth-order valence-electron chi connectivity index (χ4n) is 2.55. The number of fused-ring (bicyclic) bond motifs is 3. The van der Waals surface area contributed by atoms with Crippen molar-refractivity contribution >= 4 is 27.6 Å². The Hall–Kier alpha value is -3.15. The van der Waals surface area contributed by atoms with Crippen LogP contribution in [0.2, 0.25) is 0 Å². The molecule has 2 aromatic heterocycles. The highest BCUT2D eigenvalue weighted by Gasteiger charge is 2.12. The normalized spacial score (nSPS) is 11.2. The minimum Gasteiger partial charge on any atom is -0.352 e. The monoisotopic (exact) mass is 278 g/mol. The molecule has 0 unspecified atom stereocenters. The number of hydrogen-bond donors (Lipinski definition) is 1. The van der Waals surface area contributed by atoms with E-state index in [1.54, 1.807) is 23.0 Å². The Balaban J connectivity index is 1.95. The Morgan fingerprint density at radius 1 is 1.05 bits per heavy atom. The Morgan fingerprint density at radius 2 is 1.81 bits per heavy atom. The Morgan fingerprint density at radius 3 is 2.57 bits per heavy atom. The molecule has 102 valence electrons. The minimum absolute atomic E-state index is 0.0704. The van der Waals surface area contributed by atoms with E-state index in [-0.39, 0.29) is 5.69 Å². The molecule has 1 N–H and O–H groups in total. The topological polar surface area (TPSA) is 76.8 Å². The Bertz CT molecular complexity index is 966. The van der Waals surface area contributed by atoms with E-state index in [2.05, 4.69) is 10.1 Å². The molecule has 0 saturated carbocycles. The third-order valence-electron chi connectivity index (χ3n) is 3.53. The molecule has 6 nitrogen and oxygen atoms in total. The first-order chi connectivity index (χ1) is 10.2. The summed E-state index contributed by atoms with van der Waals surface area (Å²) in [7, 11) is 0. The molecule has 0 spiro atoms. The van der Waals surface area contributed by atoms with Crippen LogP contribution in [0.3, 0.4) is 0 Å². The van der Waals surface area contributed by atoms with Crippen LogP contribution in [-0.4, -0.2) is 19.7 Å². The number of nitrogens with zero attached hydrogens (tertiary/aromatic N) is 3. The van der Waals surface area contributed by atoms with Crippen LogP contribution in [0.5, 0.6) is 0 Å². The standard InChI is InChI=1S/C15H10N4O2/c20-19(21)11-7-5-10(6-8-11)18-15-12-3-1-2-4-13(12)17-14(15)9-16-18/h1-9,17H. The van der Waals surface area contributed by atoms with Crippen molar-refractivity contribution in [2.24, 2.45) is 0 Å². The Kier molecular flexibility index (Phi) is 2.32. The maximum atomic E-state index is 10.7. The van der Waals surface area contributed by atoms with Crippen LogP contribution >= 0.6 is 0 Å². The molecular formula is C15H10N4O2. The molecule has 0 aliphatic heterocycles. The zero-order valence-corrected chi connectivity index (χ0v) is 10.9. The summed E-state index contributed by atoms with van der Waals surface area (Å²) in [6.07, 6.45) is 1.76. The van der Waals surface area contributed by atoms with Crippen LogP contribution in [0.4, 0.5) is 5.69 Å². The van der Waals surface area contributed by atoms with Crippen LogP contribution < -0.4 is 0 Å². The van der Waals surface area contributed by atoms with Crippen LogP contribution in [0.1, 0.15) is 0 Å². The third kappa shape index (κ3) is 1.69. The fourth-order valence-corrected chi connectivity index (χ4v) is 2.55. The summed E-state index contributed by atoms with van der Waals surface area (Å²) in [5.74, 6) is 0. The number of para-hydroxylation sites is 1. The van der Waals surface area contributed by atoms with Gasteiger partial charge in [-0.3, -0.25) is 10.1 Å². The minimum atomic E-state index is -0.409. The summed E-state index contributed by atoms with van der Waals surface area (Å²) in [6, 6.07) is 14.4. The van der Waals surface area contributed by atoms with E-state index in [1.807, 2.05) is 24.3 Å². The van der Waals surface area contributed by atoms with Gasteiger partial charge in [0.15, 0.2) is 0 Å². The van der Waals surface area contributed by atoms with Crippen molar-refractivity contribution < 1.29 is 4.92 Å². The van der Waals surface area contributed by atoms with Crippen LogP contribution in [0, 0.1) is 10.1 Å². The van der Waals surface area contributed by atoms with Gasteiger partial charge in [0.05, 0.1) is 27.8 Å². The Labute approximate surface area is 118 Å². The lowest BCUT2D eigenvalue weighted by atomic mass is 10.2. The summed E-state index contributed by atoms with van der Waals surface area (Å²) < 4.78 is 1.79. The SMILES string of the molecule is O=[N+]([O-])c1ccc(-n2ncc3[nH]c4ccccc4c32)cc1. The van der Waals surface area contributed by atoms with E-state index in [1.165, 1.54) is 12.1 Å². The maximum Gasteiger partial charge on any atom is 0.269 e. The first kappa shape index (κ1) is 11.7. The predicted octanol–water partition coefficient (Wildman–Crippen LogP) is 3.42. The van der Waals surface area contributed by atoms with Crippen molar-refractivity contribution in [1.29, 1.82) is 0 Å². The van der Waals surface area contributed by atoms with Gasteiger partial charge in [-0.2, -0.15) is 5.10 Å². The number of nitro groups is 1. The van der Waals surface area contributed by atoms with E-state index >= 15 is 0 Å². The number of rotatable bonds is 2. The average molecular weight is 278 g/mol. The van der Waals surface area contributed by atoms with Crippen molar-refractivity contribution in [2.75, 3.05) is 0 Å². The van der Waals surface area contributed by atoms with Gasteiger partial charge in [0.25, 0.3) is 5.69 Å². The second kappa shape index (κ2) is 4.17. The number of nitro benzene ring substituents is 1. The van der Waals surface area contributed by atoms with Gasteiger partial charge in [-0.25, -0.2) is 4.68 Å². The summed E-state index contributed by atoms with van der Waals surface area (Å²) in [6.45, 7) is 0. The molecule has 0 saturated heterocycles. The third-order valence-corrected chi connectivity index (χ3v) is 3.53. The van der Waals surface area contributed by atoms with Crippen LogP contribution in [0.15, 0.2) is 54.7 Å². The second-order valence-electron chi connectivity index (χ2n) is 4.76. The number of non-ortho nitro benzene ring substituents is 1. The molecule has 0 amide bonds. The zero-order chi connectivity index (χ0) is 14.4. The van der Waals surface area contributed by atoms with E-state index in [0.717, 1.165) is 27.6 Å². The van der Waals surface area contributed by atoms with Crippen LogP contribution in [-0.2, 0) is 0 Å². The molecule has 4 aromatic rings. The van der Waals surface area contributed by atoms with Crippen molar-refractivity contribution in [2.45, 2.75) is 0 Å². The summed E-state index contributed by atoms with van der Waals surface area (Å²) in [5, 5.41) is 16.2. The van der Waals surface area contributed by atoms with E-state index in [4.69, 9.17) is 0 Å². The van der Waals surface area contributed by atoms with Gasteiger partial charge in [-0.05, 0) is 18.2 Å². The first-order valence-corrected chi connectivity index (χ1v) is 6.43. The molecule has 0 aliphatic carbocycles. The van der Waals surface area contributed by atoms with Gasteiger partial charge >= 0.3 is 0 Å². The zero-order valence-electron chi connectivity index (χ0n) is 10.9. The van der Waals surface area contributed by atoms with E-state index in [9.17, 15) is 10.1 Å². The highest BCUT2D eigenvalue weighted by Crippen LogP contribution is 2.27. The fraction of sp³-hybridized carbons (Fsp3) is 0. The quantitative estimate of drug-likeness (QED) is 0.451. The highest BCUT2D eigenvalue weighted by atomic mass is 16.6. The van der Waals surface area contributed by atoms with E-state index < -0.39 is 4.92 Å². The lowest BCUT2D eigenvalue weighted by molar-refractivity contribution is -0.384. The molecule has 0 radical (unpaired) electrons. The van der Waals surface area contributed by atoms with Gasteiger partial charge < -0.3 is 4.98 Å². The summed E-state index contributed by atoms with van der Waals surface area (Å²) >= 11 is 0. The smallest absolute Gasteiger partial charge is 0.269 e. The number of aromatic nitrogens is 3. The molecule has 0 fully saturated rings. The predicted molar refractivity (Wildman–Crippen MR) is 79.6 cm³/mol. The molecule has 2 aromatic carbocycles. The second-order valence-corrected chi connectivity index (χ2v) is 4.76. The summed E-state index contributed by atoms with van der Waals surface area (Å²) in [5.41, 5.74) is 3.82. The van der Waals surface area contributed by atoms with Gasteiger partial charge in [0, 0.05) is 23.0 Å². The molecule has 6 heteroatoms. The van der Waals surface area contributed by atoms with Gasteiger partial charge in [0.2, 0.25) is 0 Å². The largest absolute Gasteiger partial charge is 0.352 e. The number of aromatic amines is 1. The van der Waals surface area contributed by atoms with Crippen molar-refractivity contribution in [3.05, 3.63) is 64.8 Å². The molecule has 0 bridgehead atoms. The number of H-pyrrole nitrogens is 1. The van der Waals surface area contributed by atoms with Crippen molar-refractivity contribution in [3.8, 4) is 5.69 Å². The molecule has 4 rings (SSSR count). The summed E-state index contributed by atoms with van der Waals surface area (Å²) in [4.78, 5) is 13.6. The average Bonchev–Trinajstić information content (AvgIpc) is 3.06. The highest BCUT2D eigenvalue weighted by molar-refractivity contribution is 6.05. The molecule has 0 aliphatic rings. The lowest BCUT2D eigenvalue weighted by Crippen LogP contribution is -1.96. The first-order valence-electron chi connectivity index (χ1n) is 6.43. The van der Waals surface area contributed by atoms with Gasteiger partial charge in [0.1, 0.15) is 0 Å². The van der Waals surface area contributed by atoms with Crippen molar-refractivity contribution in [1.82, 2.24) is 14.8 Å². The molecule has 0 atom stereocenters. The van der Waals surface area contributed by atoms with Crippen molar-refractivity contribution in [3.63, 3.8) is 0 Å². The molecule has 21 heavy (non-hydrogen) atoms. The maximum absolute atomic E-state index is 10.7. The molecular weight excluding hydrogens is 268 g/mol. The molecule has 2 heterocycles. The lowest BCUT2D eigenvalue weighted by Gasteiger charge is -2.02. The number of nitrogens with one attached hydrogen (secondary N) is 1.